The topological polar surface area (TPSA) is 108 Å². The summed E-state index contributed by atoms with van der Waals surface area (Å²) in [6, 6.07) is 6.61. The number of hydrogen-bond acceptors (Lipinski definition) is 3. The lowest BCUT2D eigenvalue weighted by Crippen LogP contribution is -2.24. The van der Waals surface area contributed by atoms with Crippen LogP contribution < -0.4 is 16.2 Å². The summed E-state index contributed by atoms with van der Waals surface area (Å²) in [6.07, 6.45) is 0. The van der Waals surface area contributed by atoms with Crippen molar-refractivity contribution >= 4 is 16.0 Å². The van der Waals surface area contributed by atoms with Crippen molar-refractivity contribution in [2.24, 2.45) is 15.9 Å². The molecule has 6 nitrogen and oxygen atoms in total. The van der Waals surface area contributed by atoms with Crippen molar-refractivity contribution in [3.05, 3.63) is 29.8 Å². The van der Waals surface area contributed by atoms with Crippen molar-refractivity contribution in [2.75, 3.05) is 7.11 Å². The lowest BCUT2D eigenvalue weighted by atomic mass is 10.2. The van der Waals surface area contributed by atoms with Gasteiger partial charge in [-0.2, -0.15) is 0 Å². The van der Waals surface area contributed by atoms with Gasteiger partial charge in [0, 0.05) is 0 Å². The van der Waals surface area contributed by atoms with Crippen molar-refractivity contribution in [3.8, 4) is 5.75 Å². The molecule has 0 aliphatic carbocycles. The predicted molar refractivity (Wildman–Crippen MR) is 61.4 cm³/mol. The number of guanidine groups is 1. The molecule has 0 unspecified atom stereocenters. The van der Waals surface area contributed by atoms with E-state index in [0.717, 1.165) is 0 Å². The summed E-state index contributed by atoms with van der Waals surface area (Å²) in [5.41, 5.74) is 10.6. The van der Waals surface area contributed by atoms with Gasteiger partial charge in [-0.25, -0.2) is 8.42 Å². The number of rotatable bonds is 4. The monoisotopic (exact) mass is 243 g/mol. The third-order valence-electron chi connectivity index (χ3n) is 1.75. The quantitative estimate of drug-likeness (QED) is 0.562. The SMILES string of the molecule is COc1ccc(CS(=O)(=O)N=C(N)N)cc1. The van der Waals surface area contributed by atoms with Crippen molar-refractivity contribution < 1.29 is 13.2 Å². The minimum absolute atomic E-state index is 0.241. The molecule has 0 saturated carbocycles. The van der Waals surface area contributed by atoms with Crippen LogP contribution in [0.5, 0.6) is 5.75 Å². The Bertz CT molecular complexity index is 475. The fourth-order valence-electron chi connectivity index (χ4n) is 1.13. The number of sulfonamides is 1. The van der Waals surface area contributed by atoms with E-state index in [1.807, 2.05) is 0 Å². The molecule has 0 saturated heterocycles. The first-order valence-corrected chi connectivity index (χ1v) is 6.00. The molecule has 1 rings (SSSR count). The Morgan fingerprint density at radius 1 is 1.31 bits per heavy atom. The standard InChI is InChI=1S/C9H13N3O3S/c1-15-8-4-2-7(3-5-8)6-16(13,14)12-9(10)11/h2-5H,6H2,1H3,(H4,10,11,12). The van der Waals surface area contributed by atoms with Crippen molar-refractivity contribution in [3.63, 3.8) is 0 Å². The van der Waals surface area contributed by atoms with Gasteiger partial charge in [0.05, 0.1) is 12.9 Å². The smallest absolute Gasteiger partial charge is 0.260 e. The first kappa shape index (κ1) is 12.3. The van der Waals surface area contributed by atoms with Gasteiger partial charge in [0.2, 0.25) is 5.96 Å². The van der Waals surface area contributed by atoms with Crippen molar-refractivity contribution in [2.45, 2.75) is 5.75 Å². The molecule has 0 heterocycles. The van der Waals surface area contributed by atoms with Crippen molar-refractivity contribution in [1.82, 2.24) is 0 Å². The summed E-state index contributed by atoms with van der Waals surface area (Å²) >= 11 is 0. The minimum atomic E-state index is -3.66. The van der Waals surface area contributed by atoms with Gasteiger partial charge in [-0.05, 0) is 17.7 Å². The van der Waals surface area contributed by atoms with Crippen LogP contribution >= 0.6 is 0 Å². The molecule has 7 heteroatoms. The Balaban J connectivity index is 2.85. The fourth-order valence-corrected chi connectivity index (χ4v) is 2.12. The van der Waals surface area contributed by atoms with Crippen LogP contribution in [0.2, 0.25) is 0 Å². The summed E-state index contributed by atoms with van der Waals surface area (Å²) < 4.78 is 30.9. The van der Waals surface area contributed by atoms with E-state index in [1.165, 1.54) is 7.11 Å². The molecule has 0 aliphatic rings. The second kappa shape index (κ2) is 4.84. The lowest BCUT2D eigenvalue weighted by molar-refractivity contribution is 0.414. The van der Waals surface area contributed by atoms with Crippen LogP contribution in [0.25, 0.3) is 0 Å². The first-order valence-electron chi connectivity index (χ1n) is 4.39. The second-order valence-corrected chi connectivity index (χ2v) is 4.73. The van der Waals surface area contributed by atoms with Crippen LogP contribution in [-0.2, 0) is 15.8 Å². The maximum Gasteiger partial charge on any atom is 0.260 e. The molecule has 0 aromatic heterocycles. The van der Waals surface area contributed by atoms with Gasteiger partial charge in [0.1, 0.15) is 5.75 Å². The van der Waals surface area contributed by atoms with E-state index in [0.29, 0.717) is 11.3 Å². The highest BCUT2D eigenvalue weighted by Crippen LogP contribution is 2.13. The Kier molecular flexibility index (Phi) is 3.73. The van der Waals surface area contributed by atoms with Gasteiger partial charge in [-0.3, -0.25) is 0 Å². The average Bonchev–Trinajstić information content (AvgIpc) is 2.16. The van der Waals surface area contributed by atoms with E-state index in [2.05, 4.69) is 4.40 Å². The van der Waals surface area contributed by atoms with Gasteiger partial charge < -0.3 is 16.2 Å². The second-order valence-electron chi connectivity index (χ2n) is 3.09. The molecule has 0 amide bonds. The fraction of sp³-hybridized carbons (Fsp3) is 0.222. The molecule has 16 heavy (non-hydrogen) atoms. The Labute approximate surface area is 94.0 Å². The zero-order valence-corrected chi connectivity index (χ0v) is 9.57. The molecule has 88 valence electrons. The Hall–Kier alpha value is -1.76. The third-order valence-corrected chi connectivity index (χ3v) is 2.94. The van der Waals surface area contributed by atoms with Crippen LogP contribution in [0.1, 0.15) is 5.56 Å². The number of nitrogens with zero attached hydrogens (tertiary/aromatic N) is 1. The highest BCUT2D eigenvalue weighted by Gasteiger charge is 2.10. The first-order chi connectivity index (χ1) is 7.43. The normalized spacial score (nSPS) is 10.8. The highest BCUT2D eigenvalue weighted by molar-refractivity contribution is 7.89. The third kappa shape index (κ3) is 3.77. The molecule has 0 atom stereocenters. The van der Waals surface area contributed by atoms with Crippen LogP contribution in [0, 0.1) is 0 Å². The Morgan fingerprint density at radius 2 is 1.88 bits per heavy atom. The van der Waals surface area contributed by atoms with E-state index in [4.69, 9.17) is 16.2 Å². The van der Waals surface area contributed by atoms with Crippen LogP contribution in [0.15, 0.2) is 28.7 Å². The number of hydrogen-bond donors (Lipinski definition) is 2. The summed E-state index contributed by atoms with van der Waals surface area (Å²) in [5, 5.41) is 0. The van der Waals surface area contributed by atoms with Gasteiger partial charge in [-0.15, -0.1) is 4.40 Å². The lowest BCUT2D eigenvalue weighted by Gasteiger charge is -2.02. The molecule has 4 N–H and O–H groups in total. The van der Waals surface area contributed by atoms with E-state index in [9.17, 15) is 8.42 Å². The largest absolute Gasteiger partial charge is 0.497 e. The van der Waals surface area contributed by atoms with Crippen LogP contribution in [0.4, 0.5) is 0 Å². The minimum Gasteiger partial charge on any atom is -0.497 e. The summed E-state index contributed by atoms with van der Waals surface area (Å²) in [6.45, 7) is 0. The molecule has 0 radical (unpaired) electrons. The number of ether oxygens (including phenoxy) is 1. The maximum absolute atomic E-state index is 11.4. The molecule has 1 aromatic carbocycles. The molecule has 0 spiro atoms. The molecule has 1 aromatic rings. The van der Waals surface area contributed by atoms with Crippen LogP contribution in [0.3, 0.4) is 0 Å². The summed E-state index contributed by atoms with van der Waals surface area (Å²) in [7, 11) is -2.12. The number of nitrogens with two attached hydrogens (primary N) is 2. The van der Waals surface area contributed by atoms with Crippen LogP contribution in [-0.4, -0.2) is 21.5 Å². The highest BCUT2D eigenvalue weighted by atomic mass is 32.2. The summed E-state index contributed by atoms with van der Waals surface area (Å²) in [4.78, 5) is 0. The van der Waals surface area contributed by atoms with E-state index < -0.39 is 16.0 Å². The Morgan fingerprint density at radius 3 is 2.31 bits per heavy atom. The van der Waals surface area contributed by atoms with Crippen molar-refractivity contribution in [1.29, 1.82) is 0 Å². The van der Waals surface area contributed by atoms with Gasteiger partial charge in [0.25, 0.3) is 10.0 Å². The molecule has 0 bridgehead atoms. The number of benzene rings is 1. The zero-order valence-electron chi connectivity index (χ0n) is 8.75. The average molecular weight is 243 g/mol. The van der Waals surface area contributed by atoms with E-state index >= 15 is 0 Å². The van der Waals surface area contributed by atoms with E-state index in [-0.39, 0.29) is 5.75 Å². The van der Waals surface area contributed by atoms with Gasteiger partial charge >= 0.3 is 0 Å². The van der Waals surface area contributed by atoms with Gasteiger partial charge in [-0.1, -0.05) is 12.1 Å². The molecular formula is C9H13N3O3S. The van der Waals surface area contributed by atoms with Gasteiger partial charge in [0.15, 0.2) is 0 Å². The number of methoxy groups -OCH3 is 1. The molecular weight excluding hydrogens is 230 g/mol. The zero-order chi connectivity index (χ0) is 12.2. The predicted octanol–water partition coefficient (Wildman–Crippen LogP) is -0.202. The molecule has 0 fully saturated rings. The maximum atomic E-state index is 11.4. The summed E-state index contributed by atoms with van der Waals surface area (Å²) in [5.74, 6) is -0.0500. The molecule has 0 aliphatic heterocycles. The van der Waals surface area contributed by atoms with E-state index in [1.54, 1.807) is 24.3 Å².